The van der Waals surface area contributed by atoms with Gasteiger partial charge in [-0.3, -0.25) is 0 Å². The molecule has 0 aliphatic rings. The van der Waals surface area contributed by atoms with Crippen LogP contribution in [0.1, 0.15) is 18.4 Å². The Bertz CT molecular complexity index is 248. The van der Waals surface area contributed by atoms with E-state index in [-0.39, 0.29) is 0 Å². The van der Waals surface area contributed by atoms with E-state index in [4.69, 9.17) is 5.73 Å². The SMILES string of the molecule is CSc1cccc(CCCCN)c1. The van der Waals surface area contributed by atoms with Crippen molar-refractivity contribution in [1.29, 1.82) is 0 Å². The Morgan fingerprint density at radius 1 is 1.31 bits per heavy atom. The van der Waals surface area contributed by atoms with E-state index in [2.05, 4.69) is 30.5 Å². The summed E-state index contributed by atoms with van der Waals surface area (Å²) >= 11 is 1.80. The van der Waals surface area contributed by atoms with E-state index in [1.54, 1.807) is 11.8 Å². The molecule has 1 aromatic carbocycles. The predicted molar refractivity (Wildman–Crippen MR) is 60.2 cm³/mol. The number of hydrogen-bond donors (Lipinski definition) is 1. The van der Waals surface area contributed by atoms with Crippen LogP contribution in [0.25, 0.3) is 0 Å². The number of hydrogen-bond acceptors (Lipinski definition) is 2. The molecule has 0 amide bonds. The van der Waals surface area contributed by atoms with Gasteiger partial charge in [0, 0.05) is 4.90 Å². The van der Waals surface area contributed by atoms with E-state index in [0.717, 1.165) is 19.4 Å². The summed E-state index contributed by atoms with van der Waals surface area (Å²) in [6.45, 7) is 0.808. The summed E-state index contributed by atoms with van der Waals surface area (Å²) in [5.74, 6) is 0. The summed E-state index contributed by atoms with van der Waals surface area (Å²) in [6.07, 6.45) is 5.60. The minimum Gasteiger partial charge on any atom is -0.330 e. The van der Waals surface area contributed by atoms with Crippen LogP contribution in [-0.2, 0) is 6.42 Å². The van der Waals surface area contributed by atoms with Gasteiger partial charge >= 0.3 is 0 Å². The molecule has 0 radical (unpaired) electrons. The average molecular weight is 195 g/mol. The van der Waals surface area contributed by atoms with Gasteiger partial charge in [0.15, 0.2) is 0 Å². The van der Waals surface area contributed by atoms with Crippen molar-refractivity contribution in [2.45, 2.75) is 24.2 Å². The number of rotatable bonds is 5. The van der Waals surface area contributed by atoms with Crippen molar-refractivity contribution < 1.29 is 0 Å². The molecule has 1 rings (SSSR count). The maximum atomic E-state index is 5.44. The van der Waals surface area contributed by atoms with Crippen LogP contribution in [0, 0.1) is 0 Å². The van der Waals surface area contributed by atoms with Gasteiger partial charge in [-0.05, 0) is 49.8 Å². The summed E-state index contributed by atoms with van der Waals surface area (Å²) < 4.78 is 0. The lowest BCUT2D eigenvalue weighted by atomic mass is 10.1. The van der Waals surface area contributed by atoms with Gasteiger partial charge in [0.2, 0.25) is 0 Å². The zero-order valence-electron chi connectivity index (χ0n) is 8.12. The van der Waals surface area contributed by atoms with Crippen molar-refractivity contribution in [3.63, 3.8) is 0 Å². The first kappa shape index (κ1) is 10.6. The highest BCUT2D eigenvalue weighted by Gasteiger charge is 1.94. The third-order valence-corrected chi connectivity index (χ3v) is 2.78. The van der Waals surface area contributed by atoms with Gasteiger partial charge in [-0.1, -0.05) is 12.1 Å². The molecule has 0 saturated heterocycles. The van der Waals surface area contributed by atoms with E-state index < -0.39 is 0 Å². The van der Waals surface area contributed by atoms with E-state index in [1.165, 1.54) is 16.9 Å². The summed E-state index contributed by atoms with van der Waals surface area (Å²) in [5, 5.41) is 0. The molecule has 0 saturated carbocycles. The number of thioether (sulfide) groups is 1. The van der Waals surface area contributed by atoms with Crippen molar-refractivity contribution in [2.24, 2.45) is 5.73 Å². The topological polar surface area (TPSA) is 26.0 Å². The van der Waals surface area contributed by atoms with Crippen molar-refractivity contribution in [3.05, 3.63) is 29.8 Å². The van der Waals surface area contributed by atoms with Crippen LogP contribution < -0.4 is 5.73 Å². The first-order valence-electron chi connectivity index (χ1n) is 4.70. The van der Waals surface area contributed by atoms with Gasteiger partial charge in [0.05, 0.1) is 0 Å². The van der Waals surface area contributed by atoms with Crippen molar-refractivity contribution >= 4 is 11.8 Å². The van der Waals surface area contributed by atoms with Crippen molar-refractivity contribution in [3.8, 4) is 0 Å². The Hall–Kier alpha value is -0.470. The minimum absolute atomic E-state index is 0.808. The lowest BCUT2D eigenvalue weighted by molar-refractivity contribution is 0.744. The highest BCUT2D eigenvalue weighted by molar-refractivity contribution is 7.98. The Morgan fingerprint density at radius 3 is 2.85 bits per heavy atom. The molecule has 1 nitrogen and oxygen atoms in total. The molecule has 1 aromatic rings. The maximum absolute atomic E-state index is 5.44. The van der Waals surface area contributed by atoms with Crippen LogP contribution >= 0.6 is 11.8 Å². The Labute approximate surface area is 84.7 Å². The van der Waals surface area contributed by atoms with Gasteiger partial charge in [0.25, 0.3) is 0 Å². The fourth-order valence-corrected chi connectivity index (χ4v) is 1.79. The quantitative estimate of drug-likeness (QED) is 0.577. The van der Waals surface area contributed by atoms with Gasteiger partial charge in [-0.25, -0.2) is 0 Å². The Kier molecular flexibility index (Phi) is 4.94. The van der Waals surface area contributed by atoms with E-state index in [9.17, 15) is 0 Å². The molecule has 0 aliphatic carbocycles. The third kappa shape index (κ3) is 3.83. The summed E-state index contributed by atoms with van der Waals surface area (Å²) in [6, 6.07) is 8.73. The van der Waals surface area contributed by atoms with Gasteiger partial charge < -0.3 is 5.73 Å². The molecule has 0 atom stereocenters. The van der Waals surface area contributed by atoms with Crippen LogP contribution in [0.2, 0.25) is 0 Å². The van der Waals surface area contributed by atoms with Crippen LogP contribution in [0.4, 0.5) is 0 Å². The zero-order chi connectivity index (χ0) is 9.52. The molecular weight excluding hydrogens is 178 g/mol. The van der Waals surface area contributed by atoms with E-state index in [1.807, 2.05) is 0 Å². The standard InChI is InChI=1S/C11H17NS/c1-13-11-7-4-6-10(9-11)5-2-3-8-12/h4,6-7,9H,2-3,5,8,12H2,1H3. The molecule has 0 aromatic heterocycles. The Morgan fingerprint density at radius 2 is 2.15 bits per heavy atom. The molecule has 0 aliphatic heterocycles. The molecule has 13 heavy (non-hydrogen) atoms. The number of nitrogens with two attached hydrogens (primary N) is 1. The molecular formula is C11H17NS. The van der Waals surface area contributed by atoms with Crippen LogP contribution in [0.15, 0.2) is 29.2 Å². The third-order valence-electron chi connectivity index (χ3n) is 2.05. The summed E-state index contributed by atoms with van der Waals surface area (Å²) in [4.78, 5) is 1.35. The number of aryl methyl sites for hydroxylation is 1. The number of unbranched alkanes of at least 4 members (excludes halogenated alkanes) is 1. The second kappa shape index (κ2) is 6.06. The average Bonchev–Trinajstić information content (AvgIpc) is 2.19. The van der Waals surface area contributed by atoms with Crippen LogP contribution in [0.3, 0.4) is 0 Å². The molecule has 0 fully saturated rings. The van der Waals surface area contributed by atoms with Gasteiger partial charge in [-0.2, -0.15) is 0 Å². The van der Waals surface area contributed by atoms with Crippen LogP contribution in [-0.4, -0.2) is 12.8 Å². The van der Waals surface area contributed by atoms with Crippen LogP contribution in [0.5, 0.6) is 0 Å². The Balaban J connectivity index is 2.46. The first-order valence-corrected chi connectivity index (χ1v) is 5.92. The van der Waals surface area contributed by atoms with Crippen molar-refractivity contribution in [1.82, 2.24) is 0 Å². The second-order valence-electron chi connectivity index (χ2n) is 3.10. The molecule has 0 unspecified atom stereocenters. The minimum atomic E-state index is 0.808. The molecule has 72 valence electrons. The van der Waals surface area contributed by atoms with E-state index >= 15 is 0 Å². The molecule has 0 bridgehead atoms. The fraction of sp³-hybridized carbons (Fsp3) is 0.455. The second-order valence-corrected chi connectivity index (χ2v) is 3.98. The highest BCUT2D eigenvalue weighted by Crippen LogP contribution is 2.16. The summed E-state index contributed by atoms with van der Waals surface area (Å²) in [7, 11) is 0. The molecule has 2 heteroatoms. The summed E-state index contributed by atoms with van der Waals surface area (Å²) in [5.41, 5.74) is 6.88. The van der Waals surface area contributed by atoms with Crippen molar-refractivity contribution in [2.75, 3.05) is 12.8 Å². The normalized spacial score (nSPS) is 10.3. The maximum Gasteiger partial charge on any atom is 0.00718 e. The van der Waals surface area contributed by atoms with Gasteiger partial charge in [-0.15, -0.1) is 11.8 Å². The first-order chi connectivity index (χ1) is 6.36. The zero-order valence-corrected chi connectivity index (χ0v) is 8.94. The predicted octanol–water partition coefficient (Wildman–Crippen LogP) is 2.69. The molecule has 0 heterocycles. The fourth-order valence-electron chi connectivity index (χ4n) is 1.30. The lowest BCUT2D eigenvalue weighted by Crippen LogP contribution is -1.98. The van der Waals surface area contributed by atoms with Gasteiger partial charge in [0.1, 0.15) is 0 Å². The largest absolute Gasteiger partial charge is 0.330 e. The monoisotopic (exact) mass is 195 g/mol. The number of benzene rings is 1. The highest BCUT2D eigenvalue weighted by atomic mass is 32.2. The van der Waals surface area contributed by atoms with E-state index in [0.29, 0.717) is 0 Å². The molecule has 0 spiro atoms. The smallest absolute Gasteiger partial charge is 0.00718 e. The molecule has 2 N–H and O–H groups in total. The lowest BCUT2D eigenvalue weighted by Gasteiger charge is -2.02.